The maximum atomic E-state index is 13.4. The Hall–Kier alpha value is -2.73. The van der Waals surface area contributed by atoms with Crippen molar-refractivity contribution in [2.75, 3.05) is 13.7 Å². The van der Waals surface area contributed by atoms with Crippen LogP contribution in [0.15, 0.2) is 36.4 Å². The minimum absolute atomic E-state index is 0.0977. The van der Waals surface area contributed by atoms with Crippen molar-refractivity contribution < 1.29 is 19.1 Å². The van der Waals surface area contributed by atoms with Gasteiger partial charge in [0.2, 0.25) is 5.91 Å². The average Bonchev–Trinajstić information content (AvgIpc) is 2.86. The van der Waals surface area contributed by atoms with Crippen LogP contribution in [0.4, 0.5) is 0 Å². The van der Waals surface area contributed by atoms with Crippen molar-refractivity contribution in [3.8, 4) is 11.5 Å². The molecule has 0 bridgehead atoms. The first-order valence-corrected chi connectivity index (χ1v) is 12.8. The number of hydrogen-bond acceptors (Lipinski definition) is 4. The fraction of sp³-hybridized carbons (Fsp3) is 0.500. The summed E-state index contributed by atoms with van der Waals surface area (Å²) in [7, 11) is 1.62. The molecule has 2 aromatic carbocycles. The quantitative estimate of drug-likeness (QED) is 0.461. The van der Waals surface area contributed by atoms with Crippen molar-refractivity contribution in [1.82, 2.24) is 10.2 Å². The second-order valence-electron chi connectivity index (χ2n) is 9.30. The molecule has 7 heteroatoms. The molecule has 0 saturated heterocycles. The Kier molecular flexibility index (Phi) is 9.84. The summed E-state index contributed by atoms with van der Waals surface area (Å²) in [5.41, 5.74) is 2.70. The Bertz CT molecular complexity index is 980. The Labute approximate surface area is 213 Å². The Morgan fingerprint density at radius 3 is 2.26 bits per heavy atom. The summed E-state index contributed by atoms with van der Waals surface area (Å²) in [6.45, 7) is 5.89. The molecule has 35 heavy (non-hydrogen) atoms. The molecule has 0 aliphatic heterocycles. The third kappa shape index (κ3) is 7.38. The van der Waals surface area contributed by atoms with Crippen LogP contribution in [-0.4, -0.2) is 42.5 Å². The lowest BCUT2D eigenvalue weighted by Crippen LogP contribution is -2.52. The van der Waals surface area contributed by atoms with Crippen LogP contribution < -0.4 is 14.8 Å². The first-order valence-electron chi connectivity index (χ1n) is 12.4. The van der Waals surface area contributed by atoms with E-state index in [0.717, 1.165) is 48.1 Å². The van der Waals surface area contributed by atoms with Gasteiger partial charge in [0.05, 0.1) is 7.11 Å². The van der Waals surface area contributed by atoms with Gasteiger partial charge in [0.25, 0.3) is 5.91 Å². The lowest BCUT2D eigenvalue weighted by atomic mass is 9.95. The summed E-state index contributed by atoms with van der Waals surface area (Å²) >= 11 is 6.27. The van der Waals surface area contributed by atoms with Gasteiger partial charge >= 0.3 is 0 Å². The average molecular weight is 501 g/mol. The number of carbonyl (C=O) groups excluding carboxylic acids is 2. The molecule has 1 atom stereocenters. The smallest absolute Gasteiger partial charge is 0.261 e. The van der Waals surface area contributed by atoms with E-state index in [1.165, 1.54) is 6.42 Å². The lowest BCUT2D eigenvalue weighted by Gasteiger charge is -2.32. The van der Waals surface area contributed by atoms with E-state index in [4.69, 9.17) is 21.1 Å². The number of ether oxygens (including phenoxy) is 2. The maximum absolute atomic E-state index is 13.4. The monoisotopic (exact) mass is 500 g/mol. The van der Waals surface area contributed by atoms with Crippen molar-refractivity contribution in [2.45, 2.75) is 77.9 Å². The number of methoxy groups -OCH3 is 1. The first kappa shape index (κ1) is 26.9. The summed E-state index contributed by atoms with van der Waals surface area (Å²) < 4.78 is 11.1. The van der Waals surface area contributed by atoms with Gasteiger partial charge in [0, 0.05) is 17.6 Å². The fourth-order valence-electron chi connectivity index (χ4n) is 4.61. The molecule has 190 valence electrons. The predicted octanol–water partition coefficient (Wildman–Crippen LogP) is 5.60. The normalized spacial score (nSPS) is 14.8. The molecular weight excluding hydrogens is 464 g/mol. The lowest BCUT2D eigenvalue weighted by molar-refractivity contribution is -0.143. The summed E-state index contributed by atoms with van der Waals surface area (Å²) in [4.78, 5) is 28.4. The van der Waals surface area contributed by atoms with Gasteiger partial charge < -0.3 is 19.7 Å². The van der Waals surface area contributed by atoms with Crippen LogP contribution in [0, 0.1) is 13.8 Å². The number of carbonyl (C=O) groups is 2. The van der Waals surface area contributed by atoms with E-state index >= 15 is 0 Å². The molecule has 1 fully saturated rings. The van der Waals surface area contributed by atoms with Gasteiger partial charge in [-0.05, 0) is 74.1 Å². The van der Waals surface area contributed by atoms with Gasteiger partial charge in [-0.15, -0.1) is 0 Å². The van der Waals surface area contributed by atoms with Gasteiger partial charge in [-0.3, -0.25) is 9.59 Å². The van der Waals surface area contributed by atoms with Crippen LogP contribution in [0.3, 0.4) is 0 Å². The maximum Gasteiger partial charge on any atom is 0.261 e. The number of benzene rings is 2. The van der Waals surface area contributed by atoms with Crippen LogP contribution in [0.1, 0.15) is 62.1 Å². The summed E-state index contributed by atoms with van der Waals surface area (Å²) in [5, 5.41) is 3.89. The summed E-state index contributed by atoms with van der Waals surface area (Å²) in [5.74, 6) is 0.989. The number of amides is 2. The van der Waals surface area contributed by atoms with Gasteiger partial charge in [-0.25, -0.2) is 0 Å². The Morgan fingerprint density at radius 1 is 1.06 bits per heavy atom. The zero-order valence-electron chi connectivity index (χ0n) is 21.2. The molecule has 3 rings (SSSR count). The number of aryl methyl sites for hydroxylation is 2. The van der Waals surface area contributed by atoms with Crippen molar-refractivity contribution in [2.24, 2.45) is 0 Å². The van der Waals surface area contributed by atoms with E-state index in [1.807, 2.05) is 57.2 Å². The van der Waals surface area contributed by atoms with Crippen molar-refractivity contribution in [3.63, 3.8) is 0 Å². The van der Waals surface area contributed by atoms with Crippen LogP contribution in [0.5, 0.6) is 11.5 Å². The Morgan fingerprint density at radius 2 is 1.69 bits per heavy atom. The predicted molar refractivity (Wildman–Crippen MR) is 139 cm³/mol. The van der Waals surface area contributed by atoms with Gasteiger partial charge in [-0.1, -0.05) is 49.9 Å². The number of nitrogens with one attached hydrogen (secondary N) is 1. The molecule has 0 radical (unpaired) electrons. The highest BCUT2D eigenvalue weighted by molar-refractivity contribution is 6.32. The van der Waals surface area contributed by atoms with E-state index in [-0.39, 0.29) is 24.5 Å². The molecule has 2 amide bonds. The highest BCUT2D eigenvalue weighted by Crippen LogP contribution is 2.26. The van der Waals surface area contributed by atoms with Crippen LogP contribution in [0.25, 0.3) is 0 Å². The van der Waals surface area contributed by atoms with Gasteiger partial charge in [0.1, 0.15) is 17.5 Å². The molecular formula is C28H37ClN2O4. The summed E-state index contributed by atoms with van der Waals surface area (Å²) in [6, 6.07) is 10.8. The van der Waals surface area contributed by atoms with Crippen LogP contribution in [0.2, 0.25) is 5.02 Å². The highest BCUT2D eigenvalue weighted by atomic mass is 35.5. The molecule has 1 N–H and O–H groups in total. The van der Waals surface area contributed by atoms with Crippen molar-refractivity contribution in [1.29, 1.82) is 0 Å². The summed E-state index contributed by atoms with van der Waals surface area (Å²) in [6.07, 6.45) is 5.97. The minimum atomic E-state index is -0.580. The second kappa shape index (κ2) is 12.8. The SMILES string of the molecule is CC[C@@H](C(=O)NC1CCCCC1)N(Cc1ccc(OC)cc1)C(=O)COc1cc(C)c(Cl)c(C)c1. The first-order chi connectivity index (χ1) is 16.8. The van der Waals surface area contributed by atoms with E-state index in [2.05, 4.69) is 5.32 Å². The van der Waals surface area contributed by atoms with E-state index in [0.29, 0.717) is 23.7 Å². The molecule has 0 unspecified atom stereocenters. The molecule has 6 nitrogen and oxygen atoms in total. The molecule has 1 saturated carbocycles. The van der Waals surface area contributed by atoms with Gasteiger partial charge in [-0.2, -0.15) is 0 Å². The van der Waals surface area contributed by atoms with Crippen molar-refractivity contribution >= 4 is 23.4 Å². The van der Waals surface area contributed by atoms with E-state index in [1.54, 1.807) is 12.0 Å². The third-order valence-corrected chi connectivity index (χ3v) is 7.22. The number of nitrogens with zero attached hydrogens (tertiary/aromatic N) is 1. The molecule has 1 aliphatic carbocycles. The highest BCUT2D eigenvalue weighted by Gasteiger charge is 2.30. The van der Waals surface area contributed by atoms with Crippen LogP contribution in [-0.2, 0) is 16.1 Å². The van der Waals surface area contributed by atoms with Crippen molar-refractivity contribution in [3.05, 3.63) is 58.1 Å². The molecule has 0 aromatic heterocycles. The topological polar surface area (TPSA) is 67.9 Å². The third-order valence-electron chi connectivity index (χ3n) is 6.62. The largest absolute Gasteiger partial charge is 0.497 e. The number of halogens is 1. The molecule has 1 aliphatic rings. The standard InChI is InChI=1S/C28H37ClN2O4/c1-5-25(28(33)30-22-9-7-6-8-10-22)31(17-21-11-13-23(34-4)14-12-21)26(32)18-35-24-15-19(2)27(29)20(3)16-24/h11-16,22,25H,5-10,17-18H2,1-4H3,(H,30,33)/t25-/m0/s1. The van der Waals surface area contributed by atoms with E-state index in [9.17, 15) is 9.59 Å². The second-order valence-corrected chi connectivity index (χ2v) is 9.67. The van der Waals surface area contributed by atoms with Gasteiger partial charge in [0.15, 0.2) is 6.61 Å². The molecule has 0 heterocycles. The molecule has 2 aromatic rings. The Balaban J connectivity index is 1.78. The minimum Gasteiger partial charge on any atom is -0.497 e. The number of hydrogen-bond donors (Lipinski definition) is 1. The zero-order valence-corrected chi connectivity index (χ0v) is 22.0. The fourth-order valence-corrected chi connectivity index (χ4v) is 4.72. The molecule has 0 spiro atoms. The van der Waals surface area contributed by atoms with E-state index < -0.39 is 6.04 Å². The van der Waals surface area contributed by atoms with Crippen LogP contribution >= 0.6 is 11.6 Å². The number of rotatable bonds is 10. The zero-order chi connectivity index (χ0) is 25.4.